The normalized spacial score (nSPS) is 11.8. The molecule has 3 aromatic rings. The van der Waals surface area contributed by atoms with Gasteiger partial charge in [-0.25, -0.2) is 13.8 Å². The van der Waals surface area contributed by atoms with Crippen LogP contribution in [0.4, 0.5) is 24.5 Å². The first-order valence-corrected chi connectivity index (χ1v) is 13.8. The Bertz CT molecular complexity index is 1520. The van der Waals surface area contributed by atoms with Gasteiger partial charge < -0.3 is 10.1 Å². The van der Waals surface area contributed by atoms with Crippen LogP contribution >= 0.6 is 23.2 Å². The lowest BCUT2D eigenvalue weighted by molar-refractivity contribution is -0.137. The van der Waals surface area contributed by atoms with Crippen molar-refractivity contribution in [3.05, 3.63) is 87.9 Å². The van der Waals surface area contributed by atoms with Gasteiger partial charge in [-0.15, -0.1) is 0 Å². The molecule has 212 valence electrons. The maximum atomic E-state index is 13.2. The number of amides is 2. The monoisotopic (exact) mass is 616 g/mol. The van der Waals surface area contributed by atoms with Crippen molar-refractivity contribution in [3.8, 4) is 5.75 Å². The van der Waals surface area contributed by atoms with E-state index >= 15 is 0 Å². The van der Waals surface area contributed by atoms with E-state index in [1.807, 2.05) is 0 Å². The highest BCUT2D eigenvalue weighted by Gasteiger charge is 2.34. The first-order chi connectivity index (χ1) is 18.7. The average Bonchev–Trinajstić information content (AvgIpc) is 2.87. The highest BCUT2D eigenvalue weighted by molar-refractivity contribution is 7.92. The molecule has 0 saturated heterocycles. The zero-order chi connectivity index (χ0) is 29.5. The number of para-hydroxylation sites is 1. The van der Waals surface area contributed by atoms with Crippen molar-refractivity contribution in [1.82, 2.24) is 5.43 Å². The second-order valence-corrected chi connectivity index (χ2v) is 10.8. The van der Waals surface area contributed by atoms with E-state index in [-0.39, 0.29) is 6.61 Å². The number of hydrogen-bond acceptors (Lipinski definition) is 6. The third-order valence-electron chi connectivity index (χ3n) is 5.03. The first kappa shape index (κ1) is 30.7. The number of hydrogen-bond donors (Lipinski definition) is 2. The van der Waals surface area contributed by atoms with E-state index in [2.05, 4.69) is 15.8 Å². The zero-order valence-electron chi connectivity index (χ0n) is 20.6. The van der Waals surface area contributed by atoms with E-state index < -0.39 is 50.8 Å². The van der Waals surface area contributed by atoms with Crippen molar-refractivity contribution in [2.45, 2.75) is 6.18 Å². The van der Waals surface area contributed by atoms with Crippen LogP contribution in [0.1, 0.15) is 11.1 Å². The number of rotatable bonds is 10. The lowest BCUT2D eigenvalue weighted by atomic mass is 10.2. The predicted octanol–water partition coefficient (Wildman–Crippen LogP) is 4.95. The van der Waals surface area contributed by atoms with Gasteiger partial charge >= 0.3 is 6.18 Å². The van der Waals surface area contributed by atoms with Gasteiger partial charge in [0, 0.05) is 0 Å². The zero-order valence-corrected chi connectivity index (χ0v) is 22.9. The van der Waals surface area contributed by atoms with E-state index in [0.29, 0.717) is 32.4 Å². The topological polar surface area (TPSA) is 117 Å². The summed E-state index contributed by atoms with van der Waals surface area (Å²) in [4.78, 5) is 24.4. The van der Waals surface area contributed by atoms with Crippen LogP contribution in [-0.2, 0) is 25.8 Å². The van der Waals surface area contributed by atoms with Gasteiger partial charge in [-0.2, -0.15) is 18.3 Å². The quantitative estimate of drug-likeness (QED) is 0.247. The smallest absolute Gasteiger partial charge is 0.417 e. The fourth-order valence-corrected chi connectivity index (χ4v) is 4.43. The summed E-state index contributed by atoms with van der Waals surface area (Å²) < 4.78 is 69.9. The van der Waals surface area contributed by atoms with Gasteiger partial charge in [0.05, 0.1) is 39.5 Å². The Kier molecular flexibility index (Phi) is 10.0. The van der Waals surface area contributed by atoms with Crippen molar-refractivity contribution >= 4 is 62.6 Å². The van der Waals surface area contributed by atoms with E-state index in [4.69, 9.17) is 27.9 Å². The molecule has 40 heavy (non-hydrogen) atoms. The summed E-state index contributed by atoms with van der Waals surface area (Å²) in [7, 11) is -4.14. The van der Waals surface area contributed by atoms with Gasteiger partial charge in [-0.3, -0.25) is 13.9 Å². The maximum Gasteiger partial charge on any atom is 0.417 e. The van der Waals surface area contributed by atoms with Crippen molar-refractivity contribution < 1.29 is 35.9 Å². The van der Waals surface area contributed by atoms with Gasteiger partial charge in [-0.05, 0) is 60.2 Å². The number of carbonyl (C=O) groups is 2. The van der Waals surface area contributed by atoms with Crippen molar-refractivity contribution in [2.24, 2.45) is 5.10 Å². The Morgan fingerprint density at radius 2 is 1.68 bits per heavy atom. The molecule has 0 aliphatic heterocycles. The third kappa shape index (κ3) is 8.86. The molecule has 3 aromatic carbocycles. The molecule has 0 radical (unpaired) electrons. The Morgan fingerprint density at radius 1 is 1.00 bits per heavy atom. The Labute approximate surface area is 237 Å². The molecule has 2 N–H and O–H groups in total. The molecule has 15 heteroatoms. The number of nitrogens with zero attached hydrogens (tertiary/aromatic N) is 2. The Balaban J connectivity index is 1.56. The molecule has 0 aliphatic rings. The Morgan fingerprint density at radius 3 is 2.30 bits per heavy atom. The second-order valence-electron chi connectivity index (χ2n) is 8.11. The van der Waals surface area contributed by atoms with Crippen LogP contribution < -0.4 is 19.8 Å². The van der Waals surface area contributed by atoms with Crippen LogP contribution in [-0.4, -0.2) is 45.9 Å². The summed E-state index contributed by atoms with van der Waals surface area (Å²) in [5.74, 6) is -0.951. The molecule has 0 heterocycles. The fourth-order valence-electron chi connectivity index (χ4n) is 3.18. The van der Waals surface area contributed by atoms with Crippen molar-refractivity contribution in [3.63, 3.8) is 0 Å². The molecular weight excluding hydrogens is 596 g/mol. The minimum Gasteiger partial charge on any atom is -0.484 e. The van der Waals surface area contributed by atoms with Gasteiger partial charge in [0.2, 0.25) is 10.0 Å². The molecule has 3 rings (SSSR count). The van der Waals surface area contributed by atoms with E-state index in [9.17, 15) is 31.2 Å². The van der Waals surface area contributed by atoms with E-state index in [1.54, 1.807) is 48.5 Å². The standard InChI is InChI=1S/C25H21Cl2F3N4O5S/c1-40(37,38)34(17-8-11-20(26)19(12-17)25(28,29)30)14-23(35)33-31-13-16-6-9-18(10-7-16)39-15-24(36)32-22-5-3-2-4-21(22)27/h2-13H,14-15H2,1H3,(H,32,36)(H,33,35)/b31-13-. The summed E-state index contributed by atoms with van der Waals surface area (Å²) in [6.07, 6.45) is -2.83. The van der Waals surface area contributed by atoms with E-state index in [0.717, 1.165) is 18.4 Å². The molecule has 0 unspecified atom stereocenters. The first-order valence-electron chi connectivity index (χ1n) is 11.2. The molecule has 0 aromatic heterocycles. The number of sulfonamides is 1. The lowest BCUT2D eigenvalue weighted by Gasteiger charge is -2.22. The number of halogens is 5. The molecule has 0 fully saturated rings. The summed E-state index contributed by atoms with van der Waals surface area (Å²) in [6, 6.07) is 15.5. The highest BCUT2D eigenvalue weighted by Crippen LogP contribution is 2.37. The fraction of sp³-hybridized carbons (Fsp3) is 0.160. The van der Waals surface area contributed by atoms with Gasteiger partial charge in [0.25, 0.3) is 11.8 Å². The summed E-state index contributed by atoms with van der Waals surface area (Å²) in [5.41, 5.74) is 1.45. The predicted molar refractivity (Wildman–Crippen MR) is 146 cm³/mol. The van der Waals surface area contributed by atoms with Crippen LogP contribution in [0.3, 0.4) is 0 Å². The second kappa shape index (κ2) is 13.0. The number of ether oxygens (including phenoxy) is 1. The van der Waals surface area contributed by atoms with Gasteiger partial charge in [-0.1, -0.05) is 35.3 Å². The third-order valence-corrected chi connectivity index (χ3v) is 6.83. The van der Waals surface area contributed by atoms with Crippen LogP contribution in [0.2, 0.25) is 10.0 Å². The maximum absolute atomic E-state index is 13.2. The Hall–Kier alpha value is -3.81. The molecule has 2 amide bonds. The molecule has 0 spiro atoms. The average molecular weight is 617 g/mol. The number of anilines is 2. The molecular formula is C25H21Cl2F3N4O5S. The number of carbonyl (C=O) groups excluding carboxylic acids is 2. The number of alkyl halides is 3. The number of benzene rings is 3. The van der Waals surface area contributed by atoms with Crippen LogP contribution in [0.25, 0.3) is 0 Å². The lowest BCUT2D eigenvalue weighted by Crippen LogP contribution is -2.39. The number of hydrazone groups is 1. The minimum absolute atomic E-state index is 0.274. The number of nitrogens with one attached hydrogen (secondary N) is 2. The highest BCUT2D eigenvalue weighted by atomic mass is 35.5. The van der Waals surface area contributed by atoms with Crippen molar-refractivity contribution in [1.29, 1.82) is 0 Å². The SMILES string of the molecule is CS(=O)(=O)N(CC(=O)N/N=C\c1ccc(OCC(=O)Nc2ccccc2Cl)cc1)c1ccc(Cl)c(C(F)(F)F)c1. The van der Waals surface area contributed by atoms with Crippen LogP contribution in [0, 0.1) is 0 Å². The molecule has 0 atom stereocenters. The van der Waals surface area contributed by atoms with Crippen LogP contribution in [0.5, 0.6) is 5.75 Å². The summed E-state index contributed by atoms with van der Waals surface area (Å²) in [5, 5.41) is 6.13. The summed E-state index contributed by atoms with van der Waals surface area (Å²) in [6.45, 7) is -1.11. The largest absolute Gasteiger partial charge is 0.484 e. The molecule has 0 saturated carbocycles. The van der Waals surface area contributed by atoms with Crippen molar-refractivity contribution in [2.75, 3.05) is 29.0 Å². The molecule has 0 bridgehead atoms. The summed E-state index contributed by atoms with van der Waals surface area (Å²) >= 11 is 11.6. The molecule has 9 nitrogen and oxygen atoms in total. The minimum atomic E-state index is -4.83. The van der Waals surface area contributed by atoms with Gasteiger partial charge in [0.15, 0.2) is 6.61 Å². The van der Waals surface area contributed by atoms with Gasteiger partial charge in [0.1, 0.15) is 12.3 Å². The van der Waals surface area contributed by atoms with Crippen LogP contribution in [0.15, 0.2) is 71.8 Å². The molecule has 0 aliphatic carbocycles. The van der Waals surface area contributed by atoms with E-state index in [1.165, 1.54) is 6.21 Å².